The first-order valence-electron chi connectivity index (χ1n) is 8.23. The predicted octanol–water partition coefficient (Wildman–Crippen LogP) is 2.85. The van der Waals surface area contributed by atoms with E-state index in [-0.39, 0.29) is 12.0 Å². The molecule has 1 aromatic heterocycles. The van der Waals surface area contributed by atoms with Crippen LogP contribution in [0.1, 0.15) is 30.1 Å². The van der Waals surface area contributed by atoms with Crippen LogP contribution in [0.3, 0.4) is 0 Å². The number of carbonyl (C=O) groups excluding carboxylic acids is 2. The fourth-order valence-electron chi connectivity index (χ4n) is 2.74. The molecule has 8 heteroatoms. The Morgan fingerprint density at radius 1 is 1.19 bits per heavy atom. The molecule has 1 amide bonds. The van der Waals surface area contributed by atoms with Gasteiger partial charge in [-0.2, -0.15) is 0 Å². The van der Waals surface area contributed by atoms with Crippen molar-refractivity contribution < 1.29 is 19.1 Å². The van der Waals surface area contributed by atoms with Crippen LogP contribution in [0.15, 0.2) is 41.1 Å². The first-order chi connectivity index (χ1) is 12.5. The summed E-state index contributed by atoms with van der Waals surface area (Å²) in [5, 5.41) is 0. The lowest BCUT2D eigenvalue weighted by atomic mass is 10.1. The third-order valence-electron chi connectivity index (χ3n) is 3.90. The number of nitrogens with zero attached hydrogens (tertiary/aromatic N) is 3. The van der Waals surface area contributed by atoms with E-state index in [9.17, 15) is 9.59 Å². The van der Waals surface area contributed by atoms with Gasteiger partial charge in [0.2, 0.25) is 0 Å². The highest BCUT2D eigenvalue weighted by Crippen LogP contribution is 2.19. The average Bonchev–Trinajstić information content (AvgIpc) is 2.63. The van der Waals surface area contributed by atoms with Gasteiger partial charge in [-0.3, -0.25) is 9.59 Å². The molecule has 1 fully saturated rings. The summed E-state index contributed by atoms with van der Waals surface area (Å²) in [6, 6.07) is 6.84. The zero-order valence-electron chi connectivity index (χ0n) is 14.2. The van der Waals surface area contributed by atoms with Gasteiger partial charge in [-0.05, 0) is 53.0 Å². The van der Waals surface area contributed by atoms with Crippen LogP contribution in [0.5, 0.6) is 11.8 Å². The zero-order chi connectivity index (χ0) is 18.5. The highest BCUT2D eigenvalue weighted by molar-refractivity contribution is 9.10. The fraction of sp³-hybridized carbons (Fsp3) is 0.333. The largest absolute Gasteiger partial charge is 0.458 e. The van der Waals surface area contributed by atoms with Crippen molar-refractivity contribution in [2.24, 2.45) is 0 Å². The minimum Gasteiger partial charge on any atom is -0.458 e. The molecule has 0 bridgehead atoms. The number of esters is 1. The smallest absolute Gasteiger partial charge is 0.316 e. The Kier molecular flexibility index (Phi) is 5.82. The van der Waals surface area contributed by atoms with E-state index in [0.29, 0.717) is 30.4 Å². The summed E-state index contributed by atoms with van der Waals surface area (Å²) in [5.41, 5.74) is 0.543. The number of amides is 1. The van der Waals surface area contributed by atoms with Crippen LogP contribution >= 0.6 is 15.9 Å². The van der Waals surface area contributed by atoms with Gasteiger partial charge < -0.3 is 14.4 Å². The summed E-state index contributed by atoms with van der Waals surface area (Å²) < 4.78 is 11.6. The van der Waals surface area contributed by atoms with E-state index in [1.807, 2.05) is 0 Å². The van der Waals surface area contributed by atoms with Crippen molar-refractivity contribution in [1.29, 1.82) is 0 Å². The lowest BCUT2D eigenvalue weighted by Gasteiger charge is -2.32. The van der Waals surface area contributed by atoms with Gasteiger partial charge in [0, 0.05) is 31.4 Å². The average molecular weight is 420 g/mol. The zero-order valence-corrected chi connectivity index (χ0v) is 15.8. The summed E-state index contributed by atoms with van der Waals surface area (Å²) in [4.78, 5) is 33.6. The Labute approximate surface area is 159 Å². The van der Waals surface area contributed by atoms with Gasteiger partial charge in [0.15, 0.2) is 0 Å². The predicted molar refractivity (Wildman–Crippen MR) is 97.0 cm³/mol. The van der Waals surface area contributed by atoms with Crippen molar-refractivity contribution in [1.82, 2.24) is 14.9 Å². The second-order valence-electron chi connectivity index (χ2n) is 5.94. The molecular formula is C18H18BrN3O4. The second kappa shape index (κ2) is 8.27. The molecule has 1 saturated heterocycles. The Hall–Kier alpha value is -2.48. The van der Waals surface area contributed by atoms with Gasteiger partial charge in [0.05, 0.1) is 11.0 Å². The topological polar surface area (TPSA) is 81.6 Å². The fourth-order valence-corrected chi connectivity index (χ4v) is 2.95. The second-order valence-corrected chi connectivity index (χ2v) is 6.85. The summed E-state index contributed by atoms with van der Waals surface area (Å²) in [7, 11) is 0. The van der Waals surface area contributed by atoms with Gasteiger partial charge in [-0.15, -0.1) is 0 Å². The summed E-state index contributed by atoms with van der Waals surface area (Å²) in [6.45, 7) is 2.48. The molecule has 1 aromatic carbocycles. The minimum atomic E-state index is -0.393. The van der Waals surface area contributed by atoms with Crippen molar-refractivity contribution in [3.05, 3.63) is 46.7 Å². The van der Waals surface area contributed by atoms with E-state index in [4.69, 9.17) is 9.47 Å². The van der Waals surface area contributed by atoms with Crippen LogP contribution in [0.2, 0.25) is 0 Å². The molecule has 0 saturated carbocycles. The van der Waals surface area contributed by atoms with E-state index in [0.717, 1.165) is 17.3 Å². The molecule has 2 heterocycles. The van der Waals surface area contributed by atoms with Gasteiger partial charge in [0.25, 0.3) is 5.91 Å². The maximum absolute atomic E-state index is 12.7. The number of hydrogen-bond acceptors (Lipinski definition) is 6. The highest BCUT2D eigenvalue weighted by atomic mass is 79.9. The molecule has 0 N–H and O–H groups in total. The van der Waals surface area contributed by atoms with E-state index in [1.54, 1.807) is 41.6 Å². The Morgan fingerprint density at radius 3 is 2.54 bits per heavy atom. The summed E-state index contributed by atoms with van der Waals surface area (Å²) >= 11 is 3.28. The van der Waals surface area contributed by atoms with Gasteiger partial charge >= 0.3 is 12.0 Å². The maximum Gasteiger partial charge on any atom is 0.316 e. The van der Waals surface area contributed by atoms with Crippen molar-refractivity contribution in [2.45, 2.75) is 25.9 Å². The molecule has 2 aromatic rings. The number of rotatable bonds is 4. The lowest BCUT2D eigenvalue weighted by Crippen LogP contribution is -2.44. The van der Waals surface area contributed by atoms with E-state index >= 15 is 0 Å². The third-order valence-corrected chi connectivity index (χ3v) is 4.31. The van der Waals surface area contributed by atoms with E-state index in [1.165, 1.54) is 6.92 Å². The quantitative estimate of drug-likeness (QED) is 0.559. The number of ether oxygens (including phenoxy) is 2. The maximum atomic E-state index is 12.7. The van der Waals surface area contributed by atoms with Crippen molar-refractivity contribution in [3.8, 4) is 11.8 Å². The van der Waals surface area contributed by atoms with Crippen LogP contribution in [-0.2, 0) is 4.79 Å². The first kappa shape index (κ1) is 18.3. The number of aromatic nitrogens is 2. The van der Waals surface area contributed by atoms with E-state index in [2.05, 4.69) is 25.9 Å². The Balaban J connectivity index is 1.62. The number of benzene rings is 1. The van der Waals surface area contributed by atoms with Gasteiger partial charge in [-0.1, -0.05) is 0 Å². The molecule has 0 aliphatic carbocycles. The van der Waals surface area contributed by atoms with Crippen molar-refractivity contribution >= 4 is 27.8 Å². The first-order valence-corrected chi connectivity index (χ1v) is 9.02. The lowest BCUT2D eigenvalue weighted by molar-refractivity contribution is -0.131. The van der Waals surface area contributed by atoms with Crippen molar-refractivity contribution in [2.75, 3.05) is 13.1 Å². The number of likely N-dealkylation sites (tertiary alicyclic amines) is 1. The van der Waals surface area contributed by atoms with Crippen LogP contribution in [0.25, 0.3) is 0 Å². The van der Waals surface area contributed by atoms with E-state index < -0.39 is 5.97 Å². The summed E-state index contributed by atoms with van der Waals surface area (Å²) in [6.07, 6.45) is 4.79. The molecule has 1 atom stereocenters. The molecule has 7 nitrogen and oxygen atoms in total. The standard InChI is InChI=1S/C18H18BrN3O4/c1-12(23)25-15-6-4-13(5-7-15)17(24)22-8-2-3-16(11-22)26-18-20-9-14(19)10-21-18/h4-7,9-10,16H,2-3,8,11H2,1H3. The molecule has 136 valence electrons. The van der Waals surface area contributed by atoms with Crippen LogP contribution in [-0.4, -0.2) is 45.9 Å². The molecule has 1 unspecified atom stereocenters. The van der Waals surface area contributed by atoms with Crippen LogP contribution in [0, 0.1) is 0 Å². The molecule has 0 spiro atoms. The molecule has 1 aliphatic heterocycles. The molecule has 3 rings (SSSR count). The Bertz CT molecular complexity index is 780. The molecule has 26 heavy (non-hydrogen) atoms. The van der Waals surface area contributed by atoms with Crippen LogP contribution in [0.4, 0.5) is 0 Å². The number of halogens is 1. The number of hydrogen-bond donors (Lipinski definition) is 0. The number of piperidine rings is 1. The SMILES string of the molecule is CC(=O)Oc1ccc(C(=O)N2CCCC(Oc3ncc(Br)cn3)C2)cc1. The minimum absolute atomic E-state index is 0.0793. The number of carbonyl (C=O) groups is 2. The molecule has 1 aliphatic rings. The molecular weight excluding hydrogens is 402 g/mol. The third kappa shape index (κ3) is 4.78. The van der Waals surface area contributed by atoms with Gasteiger partial charge in [0.1, 0.15) is 11.9 Å². The molecule has 0 radical (unpaired) electrons. The van der Waals surface area contributed by atoms with Gasteiger partial charge in [-0.25, -0.2) is 9.97 Å². The van der Waals surface area contributed by atoms with Crippen molar-refractivity contribution in [3.63, 3.8) is 0 Å². The normalized spacial score (nSPS) is 16.8. The Morgan fingerprint density at radius 2 is 1.88 bits per heavy atom. The highest BCUT2D eigenvalue weighted by Gasteiger charge is 2.26. The summed E-state index contributed by atoms with van der Waals surface area (Å²) in [5.74, 6) is -0.0547. The monoisotopic (exact) mass is 419 g/mol. The van der Waals surface area contributed by atoms with Crippen LogP contribution < -0.4 is 9.47 Å².